The number of carbonyl (C=O) groups excluding carboxylic acids is 2. The van der Waals surface area contributed by atoms with Gasteiger partial charge >= 0.3 is 5.97 Å². The molecule has 0 bridgehead atoms. The van der Waals surface area contributed by atoms with Crippen LogP contribution in [0.25, 0.3) is 0 Å². The Morgan fingerprint density at radius 2 is 1.64 bits per heavy atom. The molecule has 2 aromatic rings. The Kier molecular flexibility index (Phi) is 5.38. The van der Waals surface area contributed by atoms with Crippen LogP contribution in [0.15, 0.2) is 48.5 Å². The van der Waals surface area contributed by atoms with Crippen LogP contribution in [0, 0.1) is 5.82 Å². The van der Waals surface area contributed by atoms with Crippen LogP contribution in [0.2, 0.25) is 0 Å². The zero-order chi connectivity index (χ0) is 15.9. The summed E-state index contributed by atoms with van der Waals surface area (Å²) in [6, 6.07) is 11.4. The minimum Gasteiger partial charge on any atom is -0.462 e. The molecule has 0 atom stereocenters. The Morgan fingerprint density at radius 3 is 2.27 bits per heavy atom. The molecule has 1 N–H and O–H groups in total. The maximum atomic E-state index is 12.9. The number of carbonyl (C=O) groups is 2. The molecular weight excluding hydrogens is 287 g/mol. The lowest BCUT2D eigenvalue weighted by Gasteiger charge is -2.09. The number of hydrogen-bond donors (Lipinski definition) is 1. The van der Waals surface area contributed by atoms with Gasteiger partial charge in [-0.25, -0.2) is 9.18 Å². The molecule has 0 spiro atoms. The molecule has 0 amide bonds. The third-order valence-electron chi connectivity index (χ3n) is 3.03. The summed E-state index contributed by atoms with van der Waals surface area (Å²) in [7, 11) is 0. The smallest absolute Gasteiger partial charge is 0.338 e. The number of ether oxygens (including phenoxy) is 1. The molecule has 0 heterocycles. The molecule has 0 unspecified atom stereocenters. The van der Waals surface area contributed by atoms with E-state index >= 15 is 0 Å². The van der Waals surface area contributed by atoms with Crippen molar-refractivity contribution in [2.24, 2.45) is 0 Å². The fourth-order valence-corrected chi connectivity index (χ4v) is 1.92. The largest absolute Gasteiger partial charge is 0.462 e. The number of benzene rings is 2. The summed E-state index contributed by atoms with van der Waals surface area (Å²) in [6.45, 7) is -0.00214. The van der Waals surface area contributed by atoms with E-state index in [1.807, 2.05) is 0 Å². The summed E-state index contributed by atoms with van der Waals surface area (Å²) in [5.74, 6) is -1.44. The van der Waals surface area contributed by atoms with Crippen molar-refractivity contribution in [1.29, 1.82) is 0 Å². The number of esters is 1. The predicted octanol–water partition coefficient (Wildman–Crippen LogP) is 2.60. The lowest BCUT2D eigenvalue weighted by atomic mass is 9.98. The van der Waals surface area contributed by atoms with Gasteiger partial charge in [0.05, 0.1) is 12.2 Å². The molecule has 2 rings (SSSR count). The first-order valence-corrected chi connectivity index (χ1v) is 6.80. The van der Waals surface area contributed by atoms with Gasteiger partial charge in [0.1, 0.15) is 5.82 Å². The van der Waals surface area contributed by atoms with Crippen LogP contribution in [0.4, 0.5) is 4.39 Å². The summed E-state index contributed by atoms with van der Waals surface area (Å²) in [5, 5.41) is 8.69. The lowest BCUT2D eigenvalue weighted by molar-refractivity contribution is 0.0479. The SMILES string of the molecule is O=C(OCCCO)c1ccccc1C(=O)c1ccc(F)cc1. The highest BCUT2D eigenvalue weighted by Gasteiger charge is 2.18. The standard InChI is InChI=1S/C17H15FO4/c18-13-8-6-12(7-9-13)16(20)14-4-1-2-5-15(14)17(21)22-11-3-10-19/h1-2,4-9,19H,3,10-11H2. The van der Waals surface area contributed by atoms with Crippen LogP contribution in [0.1, 0.15) is 32.7 Å². The van der Waals surface area contributed by atoms with Crippen molar-refractivity contribution in [3.8, 4) is 0 Å². The van der Waals surface area contributed by atoms with E-state index in [4.69, 9.17) is 9.84 Å². The van der Waals surface area contributed by atoms with Gasteiger partial charge in [-0.2, -0.15) is 0 Å². The van der Waals surface area contributed by atoms with Crippen molar-refractivity contribution in [2.45, 2.75) is 6.42 Å². The van der Waals surface area contributed by atoms with E-state index in [2.05, 4.69) is 0 Å². The van der Waals surface area contributed by atoms with Gasteiger partial charge in [0.15, 0.2) is 5.78 Å². The number of hydrogen-bond acceptors (Lipinski definition) is 4. The number of halogens is 1. The third kappa shape index (κ3) is 3.77. The summed E-state index contributed by atoms with van der Waals surface area (Å²) in [5.41, 5.74) is 0.634. The summed E-state index contributed by atoms with van der Waals surface area (Å²) >= 11 is 0. The fraction of sp³-hybridized carbons (Fsp3) is 0.176. The predicted molar refractivity (Wildman–Crippen MR) is 78.3 cm³/mol. The topological polar surface area (TPSA) is 63.6 Å². The van der Waals surface area contributed by atoms with Crippen LogP contribution in [0.5, 0.6) is 0 Å². The Labute approximate surface area is 127 Å². The molecule has 0 aromatic heterocycles. The summed E-state index contributed by atoms with van der Waals surface area (Å²) in [6.07, 6.45) is 0.333. The van der Waals surface area contributed by atoms with Gasteiger partial charge in [0, 0.05) is 24.2 Å². The fourth-order valence-electron chi connectivity index (χ4n) is 1.92. The van der Waals surface area contributed by atoms with E-state index in [-0.39, 0.29) is 35.7 Å². The maximum absolute atomic E-state index is 12.9. The summed E-state index contributed by atoms with van der Waals surface area (Å²) in [4.78, 5) is 24.5. The van der Waals surface area contributed by atoms with Crippen LogP contribution < -0.4 is 0 Å². The Hall–Kier alpha value is -2.53. The Bertz CT molecular complexity index is 665. The molecule has 0 saturated heterocycles. The van der Waals surface area contributed by atoms with Crippen LogP contribution in [-0.4, -0.2) is 30.1 Å². The van der Waals surface area contributed by atoms with Crippen molar-refractivity contribution in [3.63, 3.8) is 0 Å². The second-order valence-corrected chi connectivity index (χ2v) is 4.59. The maximum Gasteiger partial charge on any atom is 0.338 e. The van der Waals surface area contributed by atoms with Gasteiger partial charge in [0.2, 0.25) is 0 Å². The second-order valence-electron chi connectivity index (χ2n) is 4.59. The van der Waals surface area contributed by atoms with Crippen molar-refractivity contribution in [3.05, 3.63) is 71.0 Å². The average molecular weight is 302 g/mol. The molecule has 0 radical (unpaired) electrons. The molecule has 114 valence electrons. The van der Waals surface area contributed by atoms with E-state index in [1.54, 1.807) is 12.1 Å². The van der Waals surface area contributed by atoms with Gasteiger partial charge in [-0.1, -0.05) is 18.2 Å². The molecule has 0 aliphatic carbocycles. The minimum atomic E-state index is -0.625. The van der Waals surface area contributed by atoms with Crippen LogP contribution >= 0.6 is 0 Å². The van der Waals surface area contributed by atoms with Gasteiger partial charge in [0.25, 0.3) is 0 Å². The average Bonchev–Trinajstić information content (AvgIpc) is 2.55. The molecule has 22 heavy (non-hydrogen) atoms. The molecule has 0 aliphatic rings. The summed E-state index contributed by atoms with van der Waals surface area (Å²) < 4.78 is 17.9. The van der Waals surface area contributed by atoms with Gasteiger partial charge < -0.3 is 9.84 Å². The molecule has 2 aromatic carbocycles. The number of aliphatic hydroxyl groups excluding tert-OH is 1. The molecule has 0 saturated carbocycles. The molecule has 4 nitrogen and oxygen atoms in total. The first-order chi connectivity index (χ1) is 10.6. The van der Waals surface area contributed by atoms with Crippen molar-refractivity contribution in [1.82, 2.24) is 0 Å². The molecular formula is C17H15FO4. The quantitative estimate of drug-likeness (QED) is 0.506. The highest BCUT2D eigenvalue weighted by atomic mass is 19.1. The minimum absolute atomic E-state index is 0.0778. The van der Waals surface area contributed by atoms with Gasteiger partial charge in [-0.05, 0) is 30.3 Å². The van der Waals surface area contributed by atoms with Crippen molar-refractivity contribution in [2.75, 3.05) is 13.2 Å². The molecule has 0 aliphatic heterocycles. The van der Waals surface area contributed by atoms with Crippen molar-refractivity contribution < 1.29 is 23.8 Å². The van der Waals surface area contributed by atoms with E-state index in [9.17, 15) is 14.0 Å². The first-order valence-electron chi connectivity index (χ1n) is 6.80. The van der Waals surface area contributed by atoms with Gasteiger partial charge in [-0.3, -0.25) is 4.79 Å². The van der Waals surface area contributed by atoms with Crippen LogP contribution in [0.3, 0.4) is 0 Å². The highest BCUT2D eigenvalue weighted by molar-refractivity contribution is 6.14. The highest BCUT2D eigenvalue weighted by Crippen LogP contribution is 2.16. The number of aliphatic hydroxyl groups is 1. The van der Waals surface area contributed by atoms with E-state index in [0.29, 0.717) is 6.42 Å². The lowest BCUT2D eigenvalue weighted by Crippen LogP contribution is -2.13. The normalized spacial score (nSPS) is 10.3. The zero-order valence-electron chi connectivity index (χ0n) is 11.8. The zero-order valence-corrected chi connectivity index (χ0v) is 11.8. The molecule has 0 fully saturated rings. The monoisotopic (exact) mass is 302 g/mol. The van der Waals surface area contributed by atoms with Gasteiger partial charge in [-0.15, -0.1) is 0 Å². The van der Waals surface area contributed by atoms with E-state index < -0.39 is 11.8 Å². The molecule has 5 heteroatoms. The number of ketones is 1. The number of rotatable bonds is 6. The Balaban J connectivity index is 2.25. The second kappa shape index (κ2) is 7.47. The van der Waals surface area contributed by atoms with E-state index in [1.165, 1.54) is 36.4 Å². The van der Waals surface area contributed by atoms with Crippen LogP contribution in [-0.2, 0) is 4.74 Å². The van der Waals surface area contributed by atoms with E-state index in [0.717, 1.165) is 0 Å². The third-order valence-corrected chi connectivity index (χ3v) is 3.03. The van der Waals surface area contributed by atoms with Crippen molar-refractivity contribution >= 4 is 11.8 Å². The Morgan fingerprint density at radius 1 is 1.00 bits per heavy atom. The first kappa shape index (κ1) is 15.9.